The number of rotatable bonds is 2. The molecule has 1 atom stereocenters. The van der Waals surface area contributed by atoms with Gasteiger partial charge in [-0.2, -0.15) is 0 Å². The molecule has 0 fully saturated rings. The topological polar surface area (TPSA) is 29.5 Å². The molecule has 3 nitrogen and oxygen atoms in total. The monoisotopic (exact) mass is 245 g/mol. The van der Waals surface area contributed by atoms with Gasteiger partial charge < -0.3 is 9.64 Å². The summed E-state index contributed by atoms with van der Waals surface area (Å²) in [5.41, 5.74) is 3.50. The van der Waals surface area contributed by atoms with Crippen molar-refractivity contribution in [2.24, 2.45) is 0 Å². The van der Waals surface area contributed by atoms with E-state index in [9.17, 15) is 4.79 Å². The SMILES string of the molecule is Cc1ccc(/C=C/C(=O)N(C)C)c2c1CC(C)O2. The van der Waals surface area contributed by atoms with Crippen LogP contribution in [0.25, 0.3) is 6.08 Å². The molecule has 0 saturated carbocycles. The average Bonchev–Trinajstić information content (AvgIpc) is 2.70. The number of likely N-dealkylation sites (N-methyl/N-ethyl adjacent to an activating group) is 1. The van der Waals surface area contributed by atoms with Crippen LogP contribution >= 0.6 is 0 Å². The van der Waals surface area contributed by atoms with Gasteiger partial charge >= 0.3 is 0 Å². The minimum Gasteiger partial charge on any atom is -0.489 e. The van der Waals surface area contributed by atoms with Crippen molar-refractivity contribution in [2.75, 3.05) is 14.1 Å². The van der Waals surface area contributed by atoms with E-state index >= 15 is 0 Å². The molecule has 1 unspecified atom stereocenters. The minimum absolute atomic E-state index is 0.0182. The third-order valence-corrected chi connectivity index (χ3v) is 3.18. The molecule has 3 heteroatoms. The molecular weight excluding hydrogens is 226 g/mol. The molecule has 0 spiro atoms. The second-order valence-corrected chi connectivity index (χ2v) is 4.98. The molecule has 0 bridgehead atoms. The second kappa shape index (κ2) is 4.84. The maximum absolute atomic E-state index is 11.5. The average molecular weight is 245 g/mol. The van der Waals surface area contributed by atoms with E-state index < -0.39 is 0 Å². The molecule has 0 saturated heterocycles. The van der Waals surface area contributed by atoms with Crippen LogP contribution in [0.15, 0.2) is 18.2 Å². The van der Waals surface area contributed by atoms with Crippen LogP contribution in [0.3, 0.4) is 0 Å². The van der Waals surface area contributed by atoms with E-state index in [-0.39, 0.29) is 12.0 Å². The molecule has 0 radical (unpaired) electrons. The lowest BCUT2D eigenvalue weighted by Crippen LogP contribution is -2.18. The Balaban J connectivity index is 2.31. The predicted octanol–water partition coefficient (Wildman–Crippen LogP) is 2.42. The standard InChI is InChI=1S/C15H19NO2/c1-10-5-6-12(7-8-14(17)16(3)4)15-13(10)9-11(2)18-15/h5-8,11H,9H2,1-4H3/b8-7+. The molecular formula is C15H19NO2. The fraction of sp³-hybridized carbons (Fsp3) is 0.400. The maximum atomic E-state index is 11.5. The summed E-state index contributed by atoms with van der Waals surface area (Å²) in [7, 11) is 3.48. The number of benzene rings is 1. The zero-order chi connectivity index (χ0) is 13.3. The van der Waals surface area contributed by atoms with E-state index in [1.165, 1.54) is 11.1 Å². The summed E-state index contributed by atoms with van der Waals surface area (Å²) in [6, 6.07) is 4.09. The van der Waals surface area contributed by atoms with Gasteiger partial charge in [0, 0.05) is 37.7 Å². The van der Waals surface area contributed by atoms with E-state index in [0.717, 1.165) is 17.7 Å². The Hall–Kier alpha value is -1.77. The molecule has 1 aliphatic rings. The van der Waals surface area contributed by atoms with Gasteiger partial charge in [-0.1, -0.05) is 12.1 Å². The highest BCUT2D eigenvalue weighted by Gasteiger charge is 2.22. The molecule has 1 aromatic rings. The lowest BCUT2D eigenvalue weighted by molar-refractivity contribution is -0.123. The Morgan fingerprint density at radius 2 is 2.17 bits per heavy atom. The molecule has 2 rings (SSSR count). The van der Waals surface area contributed by atoms with Gasteiger partial charge in [0.15, 0.2) is 0 Å². The quantitative estimate of drug-likeness (QED) is 0.749. The van der Waals surface area contributed by atoms with Crippen LogP contribution in [-0.2, 0) is 11.2 Å². The van der Waals surface area contributed by atoms with Crippen molar-refractivity contribution in [1.29, 1.82) is 0 Å². The van der Waals surface area contributed by atoms with Crippen LogP contribution in [0.1, 0.15) is 23.6 Å². The molecule has 1 aromatic carbocycles. The molecule has 96 valence electrons. The maximum Gasteiger partial charge on any atom is 0.246 e. The van der Waals surface area contributed by atoms with Crippen molar-refractivity contribution in [3.8, 4) is 5.75 Å². The van der Waals surface area contributed by atoms with Crippen LogP contribution in [-0.4, -0.2) is 31.0 Å². The number of ether oxygens (including phenoxy) is 1. The first kappa shape index (κ1) is 12.7. The van der Waals surface area contributed by atoms with Crippen LogP contribution in [0.4, 0.5) is 0 Å². The fourth-order valence-corrected chi connectivity index (χ4v) is 2.11. The van der Waals surface area contributed by atoms with Crippen molar-refractivity contribution in [3.05, 3.63) is 34.9 Å². The van der Waals surface area contributed by atoms with Crippen LogP contribution in [0.2, 0.25) is 0 Å². The Labute approximate surface area is 108 Å². The molecule has 0 aliphatic carbocycles. The molecule has 1 amide bonds. The zero-order valence-corrected chi connectivity index (χ0v) is 11.4. The second-order valence-electron chi connectivity index (χ2n) is 4.98. The molecule has 1 heterocycles. The van der Waals surface area contributed by atoms with Gasteiger partial charge in [0.1, 0.15) is 11.9 Å². The first-order valence-electron chi connectivity index (χ1n) is 6.17. The van der Waals surface area contributed by atoms with Crippen molar-refractivity contribution < 1.29 is 9.53 Å². The Morgan fingerprint density at radius 1 is 1.44 bits per heavy atom. The summed E-state index contributed by atoms with van der Waals surface area (Å²) in [5, 5.41) is 0. The van der Waals surface area contributed by atoms with Crippen LogP contribution < -0.4 is 4.74 Å². The van der Waals surface area contributed by atoms with E-state index in [0.29, 0.717) is 0 Å². The number of amides is 1. The van der Waals surface area contributed by atoms with Crippen molar-refractivity contribution in [3.63, 3.8) is 0 Å². The fourth-order valence-electron chi connectivity index (χ4n) is 2.11. The highest BCUT2D eigenvalue weighted by Crippen LogP contribution is 2.35. The first-order valence-corrected chi connectivity index (χ1v) is 6.17. The lowest BCUT2D eigenvalue weighted by Gasteiger charge is -2.08. The molecule has 0 aromatic heterocycles. The number of hydrogen-bond acceptors (Lipinski definition) is 2. The van der Waals surface area contributed by atoms with Crippen LogP contribution in [0.5, 0.6) is 5.75 Å². The van der Waals surface area contributed by atoms with Crippen molar-refractivity contribution in [2.45, 2.75) is 26.4 Å². The highest BCUT2D eigenvalue weighted by atomic mass is 16.5. The highest BCUT2D eigenvalue weighted by molar-refractivity contribution is 5.92. The van der Waals surface area contributed by atoms with Gasteiger partial charge in [-0.3, -0.25) is 4.79 Å². The number of nitrogens with zero attached hydrogens (tertiary/aromatic N) is 1. The lowest BCUT2D eigenvalue weighted by atomic mass is 10.0. The minimum atomic E-state index is -0.0182. The number of carbonyl (C=O) groups is 1. The van der Waals surface area contributed by atoms with Crippen LogP contribution in [0, 0.1) is 6.92 Å². The van der Waals surface area contributed by atoms with Gasteiger partial charge in [-0.25, -0.2) is 0 Å². The van der Waals surface area contributed by atoms with Gasteiger partial charge in [-0.15, -0.1) is 0 Å². The first-order chi connectivity index (χ1) is 8.49. The smallest absolute Gasteiger partial charge is 0.246 e. The third-order valence-electron chi connectivity index (χ3n) is 3.18. The summed E-state index contributed by atoms with van der Waals surface area (Å²) in [5.74, 6) is 0.917. The Morgan fingerprint density at radius 3 is 2.83 bits per heavy atom. The largest absolute Gasteiger partial charge is 0.489 e. The van der Waals surface area contributed by atoms with E-state index in [2.05, 4.69) is 19.9 Å². The number of carbonyl (C=O) groups excluding carboxylic acids is 1. The Bertz CT molecular complexity index is 503. The summed E-state index contributed by atoms with van der Waals surface area (Å²) < 4.78 is 5.84. The molecule has 18 heavy (non-hydrogen) atoms. The zero-order valence-electron chi connectivity index (χ0n) is 11.4. The third kappa shape index (κ3) is 2.40. The van der Waals surface area contributed by atoms with Gasteiger partial charge in [0.25, 0.3) is 0 Å². The van der Waals surface area contributed by atoms with Crippen molar-refractivity contribution >= 4 is 12.0 Å². The molecule has 1 aliphatic heterocycles. The number of hydrogen-bond donors (Lipinski definition) is 0. The summed E-state index contributed by atoms with van der Waals surface area (Å²) in [6.45, 7) is 4.16. The normalized spacial score (nSPS) is 17.7. The predicted molar refractivity (Wildman–Crippen MR) is 72.7 cm³/mol. The number of aryl methyl sites for hydroxylation is 1. The van der Waals surface area contributed by atoms with E-state index in [1.54, 1.807) is 25.1 Å². The molecule has 0 N–H and O–H groups in total. The van der Waals surface area contributed by atoms with Gasteiger partial charge in [0.05, 0.1) is 0 Å². The van der Waals surface area contributed by atoms with Gasteiger partial charge in [0.2, 0.25) is 5.91 Å². The Kier molecular flexibility index (Phi) is 3.41. The summed E-state index contributed by atoms with van der Waals surface area (Å²) >= 11 is 0. The van der Waals surface area contributed by atoms with Gasteiger partial charge in [-0.05, 0) is 25.5 Å². The number of fused-ring (bicyclic) bond motifs is 1. The van der Waals surface area contributed by atoms with E-state index in [4.69, 9.17) is 4.74 Å². The summed E-state index contributed by atoms with van der Waals surface area (Å²) in [6.07, 6.45) is 4.58. The summed E-state index contributed by atoms with van der Waals surface area (Å²) in [4.78, 5) is 13.1. The van der Waals surface area contributed by atoms with Crippen molar-refractivity contribution in [1.82, 2.24) is 4.90 Å². The van der Waals surface area contributed by atoms with E-state index in [1.807, 2.05) is 12.1 Å².